The largest absolute Gasteiger partial charge is 0.480 e. The van der Waals surface area contributed by atoms with Crippen LogP contribution in [0.4, 0.5) is 10.6 Å². The SMILES string of the molecule is C=CCOC(=O)NCCCC(NS(=O)(=O)c1ccc(N2CCC(CCCC3CCN(S(=O)(=O)c4cc(Br)c(Cl)s4)CC3)C(Br)C2)nc1)C(=O)O. The van der Waals surface area contributed by atoms with Gasteiger partial charge < -0.3 is 20.1 Å². The van der Waals surface area contributed by atoms with Crippen LogP contribution in [0, 0.1) is 11.8 Å². The number of hydrogen-bond donors (Lipinski definition) is 3. The van der Waals surface area contributed by atoms with Gasteiger partial charge in [0.1, 0.15) is 31.9 Å². The number of amides is 1. The van der Waals surface area contributed by atoms with Crippen molar-refractivity contribution >= 4 is 92.7 Å². The zero-order valence-electron chi connectivity index (χ0n) is 27.3. The number of rotatable bonds is 17. The van der Waals surface area contributed by atoms with E-state index in [1.165, 1.54) is 18.3 Å². The van der Waals surface area contributed by atoms with E-state index in [0.717, 1.165) is 56.4 Å². The molecular formula is C31H42Br2ClN5O8S3. The zero-order valence-corrected chi connectivity index (χ0v) is 33.7. The molecule has 2 fully saturated rings. The standard InChI is InChI=1S/C31H42Br2ClN5O8S3/c1-2-17-47-31(42)35-13-4-7-26(30(40)41)37-49(43,44)23-8-9-27(36-19-23)38-14-12-22(25(33)20-38)6-3-5-21-10-15-39(16-11-21)50(45,46)28-18-24(32)29(34)48-28/h2,8-9,18-19,21-22,25-26,37H,1,3-7,10-17,20H2,(H,35,42)(H,40,41). The molecule has 1 amide bonds. The predicted molar refractivity (Wildman–Crippen MR) is 200 cm³/mol. The van der Waals surface area contributed by atoms with E-state index in [2.05, 4.69) is 58.4 Å². The molecule has 2 aliphatic heterocycles. The van der Waals surface area contributed by atoms with E-state index in [-0.39, 0.29) is 39.9 Å². The Morgan fingerprint density at radius 3 is 2.50 bits per heavy atom. The molecule has 2 aliphatic rings. The molecule has 2 aromatic rings. The molecule has 13 nitrogen and oxygen atoms in total. The summed E-state index contributed by atoms with van der Waals surface area (Å²) in [6.07, 6.45) is 7.93. The second kappa shape index (κ2) is 18.8. The van der Waals surface area contributed by atoms with E-state index in [0.29, 0.717) is 46.1 Å². The topological polar surface area (TPSA) is 175 Å². The molecule has 4 heterocycles. The maximum Gasteiger partial charge on any atom is 0.407 e. The van der Waals surface area contributed by atoms with Crippen LogP contribution in [-0.4, -0.2) is 93.5 Å². The van der Waals surface area contributed by atoms with E-state index >= 15 is 0 Å². The highest BCUT2D eigenvalue weighted by atomic mass is 79.9. The molecule has 0 aromatic carbocycles. The van der Waals surface area contributed by atoms with Crippen molar-refractivity contribution < 1.29 is 36.3 Å². The number of carbonyl (C=O) groups is 2. The van der Waals surface area contributed by atoms with Gasteiger partial charge in [0.25, 0.3) is 10.0 Å². The number of hydrogen-bond acceptors (Lipinski definition) is 10. The van der Waals surface area contributed by atoms with Crippen LogP contribution in [-0.2, 0) is 29.6 Å². The van der Waals surface area contributed by atoms with Crippen LogP contribution in [0.3, 0.4) is 0 Å². The normalized spacial score (nSPS) is 19.9. The van der Waals surface area contributed by atoms with Crippen LogP contribution in [0.25, 0.3) is 0 Å². The van der Waals surface area contributed by atoms with Gasteiger partial charge in [-0.2, -0.15) is 9.03 Å². The van der Waals surface area contributed by atoms with Gasteiger partial charge in [0.15, 0.2) is 0 Å². The monoisotopic (exact) mass is 901 g/mol. The third-order valence-electron chi connectivity index (χ3n) is 8.88. The minimum absolute atomic E-state index is 0.0400. The molecule has 2 aromatic heterocycles. The van der Waals surface area contributed by atoms with Crippen LogP contribution in [0.5, 0.6) is 0 Å². The Hall–Kier alpha value is -1.80. The smallest absolute Gasteiger partial charge is 0.407 e. The van der Waals surface area contributed by atoms with Crippen molar-refractivity contribution in [3.8, 4) is 0 Å². The summed E-state index contributed by atoms with van der Waals surface area (Å²) in [6.45, 7) is 6.08. The number of carboxylic acid groups (broad SMARTS) is 1. The molecule has 0 saturated carbocycles. The van der Waals surface area contributed by atoms with Crippen molar-refractivity contribution in [2.45, 2.75) is 71.3 Å². The highest BCUT2D eigenvalue weighted by Crippen LogP contribution is 2.37. The first-order chi connectivity index (χ1) is 23.7. The number of nitrogens with zero attached hydrogens (tertiary/aromatic N) is 3. The van der Waals surface area contributed by atoms with Crippen molar-refractivity contribution in [3.05, 3.63) is 45.9 Å². The van der Waals surface area contributed by atoms with Gasteiger partial charge in [-0.1, -0.05) is 53.0 Å². The number of aliphatic carboxylic acids is 1. The van der Waals surface area contributed by atoms with Crippen LogP contribution < -0.4 is 14.9 Å². The predicted octanol–water partition coefficient (Wildman–Crippen LogP) is 5.84. The van der Waals surface area contributed by atoms with Crippen LogP contribution >= 0.6 is 54.8 Å². The Bertz CT molecular complexity index is 1670. The molecule has 0 radical (unpaired) electrons. The summed E-state index contributed by atoms with van der Waals surface area (Å²) < 4.78 is 61.8. The van der Waals surface area contributed by atoms with Gasteiger partial charge in [0, 0.05) is 48.2 Å². The molecule has 278 valence electrons. The molecule has 19 heteroatoms. The summed E-state index contributed by atoms with van der Waals surface area (Å²) in [4.78, 5) is 29.8. The molecule has 3 unspecified atom stereocenters. The number of halogens is 3. The molecular weight excluding hydrogens is 862 g/mol. The molecule has 0 aliphatic carbocycles. The van der Waals surface area contributed by atoms with Crippen molar-refractivity contribution in [2.24, 2.45) is 11.8 Å². The number of carboxylic acids is 1. The number of ether oxygens (including phenoxy) is 1. The van der Waals surface area contributed by atoms with Gasteiger partial charge >= 0.3 is 12.1 Å². The van der Waals surface area contributed by atoms with Gasteiger partial charge in [-0.05, 0) is 84.5 Å². The fourth-order valence-electron chi connectivity index (χ4n) is 6.06. The minimum Gasteiger partial charge on any atom is -0.480 e. The lowest BCUT2D eigenvalue weighted by molar-refractivity contribution is -0.139. The van der Waals surface area contributed by atoms with E-state index in [1.807, 2.05) is 0 Å². The summed E-state index contributed by atoms with van der Waals surface area (Å²) in [6, 6.07) is 3.23. The Morgan fingerprint density at radius 2 is 1.90 bits per heavy atom. The van der Waals surface area contributed by atoms with Gasteiger partial charge in [0.05, 0.1) is 0 Å². The maximum absolute atomic E-state index is 13.0. The first kappa shape index (κ1) is 41.0. The molecule has 4 rings (SSSR count). The summed E-state index contributed by atoms with van der Waals surface area (Å²) in [7, 11) is -7.70. The summed E-state index contributed by atoms with van der Waals surface area (Å²) in [5.74, 6) is 0.265. The molecule has 3 atom stereocenters. The second-order valence-corrected chi connectivity index (χ2v) is 19.9. The average molecular weight is 904 g/mol. The quantitative estimate of drug-likeness (QED) is 0.0994. The number of anilines is 1. The van der Waals surface area contributed by atoms with Gasteiger partial charge in [-0.3, -0.25) is 4.79 Å². The Balaban J connectivity index is 1.19. The van der Waals surface area contributed by atoms with Gasteiger partial charge in [-0.15, -0.1) is 11.3 Å². The Morgan fingerprint density at radius 1 is 1.16 bits per heavy atom. The molecule has 3 N–H and O–H groups in total. The second-order valence-electron chi connectivity index (χ2n) is 12.3. The summed E-state index contributed by atoms with van der Waals surface area (Å²) in [5, 5.41) is 12.0. The number of pyridine rings is 1. The molecule has 50 heavy (non-hydrogen) atoms. The molecule has 0 bridgehead atoms. The number of sulfonamides is 2. The lowest BCUT2D eigenvalue weighted by atomic mass is 9.87. The minimum atomic E-state index is -4.16. The number of aromatic nitrogens is 1. The van der Waals surface area contributed by atoms with Crippen molar-refractivity contribution in [1.82, 2.24) is 19.3 Å². The Labute approximate surface area is 319 Å². The lowest BCUT2D eigenvalue weighted by Crippen LogP contribution is -2.42. The first-order valence-electron chi connectivity index (χ1n) is 16.3. The first-order valence-corrected chi connectivity index (χ1v) is 22.1. The third-order valence-corrected chi connectivity index (χ3v) is 16.2. The molecule has 0 spiro atoms. The van der Waals surface area contributed by atoms with Crippen LogP contribution in [0.2, 0.25) is 4.34 Å². The number of nitrogens with one attached hydrogen (secondary N) is 2. The number of piperidine rings is 2. The van der Waals surface area contributed by atoms with Crippen molar-refractivity contribution in [1.29, 1.82) is 0 Å². The van der Waals surface area contributed by atoms with E-state index in [4.69, 9.17) is 16.3 Å². The van der Waals surface area contributed by atoms with E-state index in [9.17, 15) is 31.5 Å². The van der Waals surface area contributed by atoms with Crippen LogP contribution in [0.15, 0.2) is 50.6 Å². The summed E-state index contributed by atoms with van der Waals surface area (Å²) >= 11 is 14.3. The van der Waals surface area contributed by atoms with E-state index < -0.39 is 38.2 Å². The maximum atomic E-state index is 13.0. The van der Waals surface area contributed by atoms with Crippen LogP contribution in [0.1, 0.15) is 51.4 Å². The summed E-state index contributed by atoms with van der Waals surface area (Å²) in [5.41, 5.74) is 0. The molecule has 2 saturated heterocycles. The third kappa shape index (κ3) is 11.3. The number of carbonyl (C=O) groups excluding carboxylic acids is 1. The van der Waals surface area contributed by atoms with E-state index in [1.54, 1.807) is 16.4 Å². The van der Waals surface area contributed by atoms with Crippen molar-refractivity contribution in [2.75, 3.05) is 44.2 Å². The zero-order chi connectivity index (χ0) is 36.5. The highest BCUT2D eigenvalue weighted by Gasteiger charge is 2.32. The fraction of sp³-hybridized carbons (Fsp3) is 0.581. The van der Waals surface area contributed by atoms with Gasteiger partial charge in [-0.25, -0.2) is 26.6 Å². The average Bonchev–Trinajstić information content (AvgIpc) is 3.44. The number of thiophene rings is 1. The Kier molecular flexibility index (Phi) is 15.4. The highest BCUT2D eigenvalue weighted by molar-refractivity contribution is 9.10. The van der Waals surface area contributed by atoms with Gasteiger partial charge in [0.2, 0.25) is 10.0 Å². The number of alkyl halides is 1. The number of alkyl carbamates (subject to hydrolysis) is 1. The fourth-order valence-corrected chi connectivity index (χ4v) is 12.0. The van der Waals surface area contributed by atoms with Crippen molar-refractivity contribution in [3.63, 3.8) is 0 Å². The lowest BCUT2D eigenvalue weighted by Gasteiger charge is -2.37.